The molecule has 8 nitrogen and oxygen atoms in total. The van der Waals surface area contributed by atoms with Crippen molar-refractivity contribution in [3.05, 3.63) is 49.6 Å². The number of nitrogens with zero attached hydrogens (tertiary/aromatic N) is 3. The monoisotopic (exact) mass is 633 g/mol. The van der Waals surface area contributed by atoms with Crippen LogP contribution in [0.2, 0.25) is 0 Å². The number of carbonyl (C=O) groups is 3. The number of carbonyl (C=O) groups excluding carboxylic acids is 3. The van der Waals surface area contributed by atoms with Crippen molar-refractivity contribution in [2.24, 2.45) is 17.8 Å². The number of hydrogen-bond donors (Lipinski definition) is 1. The van der Waals surface area contributed by atoms with Gasteiger partial charge in [-0.15, -0.1) is 24.9 Å². The number of rotatable bonds is 12. The summed E-state index contributed by atoms with van der Waals surface area (Å²) in [6, 6.07) is 5.83. The molecule has 7 atom stereocenters. The lowest BCUT2D eigenvalue weighted by molar-refractivity contribution is -0.145. The SMILES string of the molecule is C=CCN(C)C(=O)[C@H]1[C@H]2C(=O)N([C@@H](CO)CC(C)C)C(C(=O)N(CC=C)c3ccc(OC)cc3)C23CC(Br)[C@@H]1S3. The smallest absolute Gasteiger partial charge is 0.251 e. The van der Waals surface area contributed by atoms with E-state index in [0.717, 1.165) is 0 Å². The summed E-state index contributed by atoms with van der Waals surface area (Å²) in [5, 5.41) is 10.4. The molecule has 3 amide bonds. The first kappa shape index (κ1) is 30.7. The number of likely N-dealkylation sites (tertiary alicyclic amines) is 1. The highest BCUT2D eigenvalue weighted by Crippen LogP contribution is 2.68. The number of ether oxygens (including phenoxy) is 1. The fourth-order valence-electron chi connectivity index (χ4n) is 6.74. The van der Waals surface area contributed by atoms with Gasteiger partial charge in [0.25, 0.3) is 5.91 Å². The van der Waals surface area contributed by atoms with Crippen molar-refractivity contribution in [3.8, 4) is 5.75 Å². The predicted molar refractivity (Wildman–Crippen MR) is 163 cm³/mol. The van der Waals surface area contributed by atoms with Crippen LogP contribution in [0, 0.1) is 17.8 Å². The average molecular weight is 635 g/mol. The molecule has 1 spiro atoms. The normalized spacial score (nSPS) is 29.3. The van der Waals surface area contributed by atoms with E-state index in [4.69, 9.17) is 4.74 Å². The van der Waals surface area contributed by atoms with Gasteiger partial charge in [0.2, 0.25) is 11.8 Å². The minimum Gasteiger partial charge on any atom is -0.497 e. The number of benzene rings is 1. The van der Waals surface area contributed by atoms with Crippen LogP contribution in [-0.4, -0.2) is 93.4 Å². The number of aliphatic hydroxyl groups excluding tert-OH is 1. The van der Waals surface area contributed by atoms with Crippen LogP contribution in [0.25, 0.3) is 0 Å². The maximum atomic E-state index is 14.7. The molecule has 2 bridgehead atoms. The van der Waals surface area contributed by atoms with Crippen molar-refractivity contribution >= 4 is 51.1 Å². The molecule has 3 unspecified atom stereocenters. The van der Waals surface area contributed by atoms with Crippen LogP contribution in [-0.2, 0) is 14.4 Å². The molecular formula is C30H40BrN3O5S. The van der Waals surface area contributed by atoms with Gasteiger partial charge in [-0.25, -0.2) is 0 Å². The van der Waals surface area contributed by atoms with Crippen molar-refractivity contribution in [2.75, 3.05) is 38.8 Å². The third kappa shape index (κ3) is 5.11. The van der Waals surface area contributed by atoms with Crippen molar-refractivity contribution in [1.82, 2.24) is 9.80 Å². The summed E-state index contributed by atoms with van der Waals surface area (Å²) in [7, 11) is 3.31. The second-order valence-corrected chi connectivity index (χ2v) is 14.0. The molecule has 3 saturated heterocycles. The number of fused-ring (bicyclic) bond motifs is 1. The van der Waals surface area contributed by atoms with E-state index in [9.17, 15) is 19.5 Å². The topological polar surface area (TPSA) is 90.4 Å². The standard InChI is InChI=1S/C30H40BrN3O5S/c1-7-13-32(5)27(36)23-24-28(37)34(20(17-35)15-18(3)4)26(30(24)16-22(31)25(23)40-30)29(38)33(14-8-2)19-9-11-21(39-6)12-10-19/h7-12,18,20,22-26,35H,1-2,13-17H2,3-6H3/t20-,22?,23+,24+,25+,26?,30?/m1/s1. The Balaban J connectivity index is 1.84. The minimum absolute atomic E-state index is 0.0330. The third-order valence-electron chi connectivity index (χ3n) is 8.33. The van der Waals surface area contributed by atoms with Gasteiger partial charge < -0.3 is 24.5 Å². The number of amides is 3. The first-order chi connectivity index (χ1) is 19.1. The van der Waals surface area contributed by atoms with Crippen LogP contribution >= 0.6 is 27.7 Å². The molecule has 1 aromatic carbocycles. The molecule has 10 heteroatoms. The van der Waals surface area contributed by atoms with Gasteiger partial charge in [0, 0.05) is 35.9 Å². The van der Waals surface area contributed by atoms with Crippen molar-refractivity contribution in [3.63, 3.8) is 0 Å². The Morgan fingerprint density at radius 3 is 2.42 bits per heavy atom. The maximum Gasteiger partial charge on any atom is 0.251 e. The summed E-state index contributed by atoms with van der Waals surface area (Å²) in [6.07, 6.45) is 4.45. The Labute approximate surface area is 249 Å². The van der Waals surface area contributed by atoms with Crippen molar-refractivity contribution < 1.29 is 24.2 Å². The van der Waals surface area contributed by atoms with E-state index < -0.39 is 28.7 Å². The summed E-state index contributed by atoms with van der Waals surface area (Å²) in [5.41, 5.74) is 0.661. The quantitative estimate of drug-likeness (QED) is 0.279. The molecule has 0 aliphatic carbocycles. The largest absolute Gasteiger partial charge is 0.497 e. The first-order valence-electron chi connectivity index (χ1n) is 13.7. The molecular weight excluding hydrogens is 594 g/mol. The summed E-state index contributed by atoms with van der Waals surface area (Å²) in [4.78, 5) is 47.8. The number of aliphatic hydroxyl groups is 1. The lowest BCUT2D eigenvalue weighted by Crippen LogP contribution is -2.58. The second kappa shape index (κ2) is 12.3. The fourth-order valence-corrected chi connectivity index (χ4v) is 10.3. The molecule has 0 radical (unpaired) electrons. The fraction of sp³-hybridized carbons (Fsp3) is 0.567. The number of alkyl halides is 1. The van der Waals surface area contributed by atoms with Gasteiger partial charge in [0.1, 0.15) is 11.8 Å². The van der Waals surface area contributed by atoms with E-state index >= 15 is 0 Å². The Morgan fingerprint density at radius 2 is 1.88 bits per heavy atom. The van der Waals surface area contributed by atoms with Gasteiger partial charge in [-0.05, 0) is 43.0 Å². The van der Waals surface area contributed by atoms with Gasteiger partial charge in [0.05, 0.1) is 36.3 Å². The van der Waals surface area contributed by atoms with Crippen LogP contribution in [0.3, 0.4) is 0 Å². The molecule has 1 N–H and O–H groups in total. The molecule has 0 saturated carbocycles. The molecule has 0 aromatic heterocycles. The van der Waals surface area contributed by atoms with Gasteiger partial charge in [-0.2, -0.15) is 0 Å². The third-order valence-corrected chi connectivity index (χ3v) is 11.6. The number of hydrogen-bond acceptors (Lipinski definition) is 6. The number of likely N-dealkylation sites (N-methyl/N-ethyl adjacent to an activating group) is 1. The second-order valence-electron chi connectivity index (χ2n) is 11.3. The molecule has 3 aliphatic rings. The van der Waals surface area contributed by atoms with E-state index in [0.29, 0.717) is 30.8 Å². The van der Waals surface area contributed by atoms with Crippen LogP contribution in [0.15, 0.2) is 49.6 Å². The zero-order chi connectivity index (χ0) is 29.4. The van der Waals surface area contributed by atoms with Crippen molar-refractivity contribution in [1.29, 1.82) is 0 Å². The lowest BCUT2D eigenvalue weighted by atomic mass is 9.70. The molecule has 3 heterocycles. The van der Waals surface area contributed by atoms with E-state index in [1.165, 1.54) is 0 Å². The van der Waals surface area contributed by atoms with E-state index in [-0.39, 0.29) is 46.9 Å². The number of thioether (sulfide) groups is 1. The predicted octanol–water partition coefficient (Wildman–Crippen LogP) is 3.73. The van der Waals surface area contributed by atoms with E-state index in [1.54, 1.807) is 64.9 Å². The maximum absolute atomic E-state index is 14.7. The first-order valence-corrected chi connectivity index (χ1v) is 15.5. The molecule has 3 fully saturated rings. The van der Waals surface area contributed by atoms with E-state index in [2.05, 4.69) is 29.1 Å². The Bertz CT molecular complexity index is 1150. The zero-order valence-electron chi connectivity index (χ0n) is 23.7. The van der Waals surface area contributed by atoms with Crippen LogP contribution in [0.4, 0.5) is 5.69 Å². The summed E-state index contributed by atoms with van der Waals surface area (Å²) in [6.45, 7) is 12.1. The minimum atomic E-state index is -0.847. The number of methoxy groups -OCH3 is 1. The van der Waals surface area contributed by atoms with Gasteiger partial charge in [-0.3, -0.25) is 14.4 Å². The molecule has 40 heavy (non-hydrogen) atoms. The van der Waals surface area contributed by atoms with Gasteiger partial charge in [0.15, 0.2) is 0 Å². The van der Waals surface area contributed by atoms with Crippen LogP contribution in [0.5, 0.6) is 5.75 Å². The molecule has 4 rings (SSSR count). The van der Waals surface area contributed by atoms with Crippen LogP contribution < -0.4 is 9.64 Å². The molecule has 1 aromatic rings. The number of anilines is 1. The average Bonchev–Trinajstić information content (AvgIpc) is 3.53. The van der Waals surface area contributed by atoms with Crippen LogP contribution in [0.1, 0.15) is 26.7 Å². The van der Waals surface area contributed by atoms with Crippen molar-refractivity contribution in [2.45, 2.75) is 53.6 Å². The Kier molecular flexibility index (Phi) is 9.42. The summed E-state index contributed by atoms with van der Waals surface area (Å²) < 4.78 is 4.50. The highest BCUT2D eigenvalue weighted by molar-refractivity contribution is 9.09. The highest BCUT2D eigenvalue weighted by Gasteiger charge is 2.76. The van der Waals surface area contributed by atoms with E-state index in [1.807, 2.05) is 26.0 Å². The summed E-state index contributed by atoms with van der Waals surface area (Å²) >= 11 is 5.42. The van der Waals surface area contributed by atoms with Gasteiger partial charge in [-0.1, -0.05) is 41.9 Å². The molecule has 3 aliphatic heterocycles. The molecule has 218 valence electrons. The summed E-state index contributed by atoms with van der Waals surface area (Å²) in [5.74, 6) is -0.943. The Morgan fingerprint density at radius 1 is 1.23 bits per heavy atom. The Hall–Kier alpha value is -2.30. The number of halogens is 1. The van der Waals surface area contributed by atoms with Gasteiger partial charge >= 0.3 is 0 Å². The highest BCUT2D eigenvalue weighted by atomic mass is 79.9. The zero-order valence-corrected chi connectivity index (χ0v) is 26.1. The lowest BCUT2D eigenvalue weighted by Gasteiger charge is -2.40.